The SMILES string of the molecule is CCOc1ccccc1N(CC(=O)N(Cc1ccc(C)cc1)[C@H](C)C(=O)N[C@H](C)CC)S(=O)(=O)c1ccc(C)cc1. The highest BCUT2D eigenvalue weighted by atomic mass is 32.2. The monoisotopic (exact) mass is 579 g/mol. The molecule has 9 heteroatoms. The molecule has 3 rings (SSSR count). The Bertz CT molecular complexity index is 1420. The molecule has 0 radical (unpaired) electrons. The molecule has 3 aromatic rings. The maximum atomic E-state index is 14.1. The van der Waals surface area contributed by atoms with E-state index in [0.29, 0.717) is 12.4 Å². The summed E-state index contributed by atoms with van der Waals surface area (Å²) in [4.78, 5) is 28.8. The Balaban J connectivity index is 2.07. The zero-order valence-electron chi connectivity index (χ0n) is 24.8. The highest BCUT2D eigenvalue weighted by Gasteiger charge is 2.34. The molecule has 1 N–H and O–H groups in total. The summed E-state index contributed by atoms with van der Waals surface area (Å²) in [5.74, 6) is -0.479. The molecular weight excluding hydrogens is 538 g/mol. The lowest BCUT2D eigenvalue weighted by Gasteiger charge is -2.33. The van der Waals surface area contributed by atoms with Crippen LogP contribution in [0.4, 0.5) is 5.69 Å². The van der Waals surface area contributed by atoms with Gasteiger partial charge in [-0.1, -0.05) is 66.6 Å². The van der Waals surface area contributed by atoms with Crippen molar-refractivity contribution in [3.63, 3.8) is 0 Å². The van der Waals surface area contributed by atoms with Gasteiger partial charge in [-0.05, 0) is 70.9 Å². The van der Waals surface area contributed by atoms with Crippen LogP contribution in [0.1, 0.15) is 50.8 Å². The van der Waals surface area contributed by atoms with E-state index in [1.54, 1.807) is 43.3 Å². The van der Waals surface area contributed by atoms with E-state index < -0.39 is 28.5 Å². The number of nitrogens with one attached hydrogen (secondary N) is 1. The van der Waals surface area contributed by atoms with Crippen molar-refractivity contribution in [1.29, 1.82) is 0 Å². The Morgan fingerprint density at radius 3 is 2.05 bits per heavy atom. The zero-order valence-corrected chi connectivity index (χ0v) is 25.6. The molecule has 0 heterocycles. The highest BCUT2D eigenvalue weighted by molar-refractivity contribution is 7.92. The molecule has 0 saturated carbocycles. The number of carbonyl (C=O) groups is 2. The second-order valence-corrected chi connectivity index (χ2v) is 12.1. The number of benzene rings is 3. The standard InChI is InChI=1S/C32H41N3O5S/c1-7-25(5)33-32(37)26(6)34(21-27-17-13-23(3)14-18-27)31(36)22-35(29-11-9-10-12-30(29)40-8-2)41(38,39)28-19-15-24(4)16-20-28/h9-20,25-26H,7-8,21-22H2,1-6H3,(H,33,37)/t25-,26-/m1/s1. The third-order valence-electron chi connectivity index (χ3n) is 6.96. The average Bonchev–Trinajstić information content (AvgIpc) is 2.95. The van der Waals surface area contributed by atoms with Gasteiger partial charge in [0.25, 0.3) is 10.0 Å². The van der Waals surface area contributed by atoms with Gasteiger partial charge < -0.3 is 15.0 Å². The lowest BCUT2D eigenvalue weighted by Crippen LogP contribution is -2.52. The van der Waals surface area contributed by atoms with Crippen LogP contribution >= 0.6 is 0 Å². The molecule has 8 nitrogen and oxygen atoms in total. The van der Waals surface area contributed by atoms with Gasteiger partial charge in [0.15, 0.2) is 0 Å². The van der Waals surface area contributed by atoms with Crippen molar-refractivity contribution in [1.82, 2.24) is 10.2 Å². The fourth-order valence-electron chi connectivity index (χ4n) is 4.23. The van der Waals surface area contributed by atoms with Gasteiger partial charge in [-0.25, -0.2) is 8.42 Å². The largest absolute Gasteiger partial charge is 0.492 e. The minimum atomic E-state index is -4.18. The molecule has 3 aromatic carbocycles. The topological polar surface area (TPSA) is 96.0 Å². The van der Waals surface area contributed by atoms with Crippen LogP contribution in [0.3, 0.4) is 0 Å². The van der Waals surface area contributed by atoms with E-state index >= 15 is 0 Å². The second-order valence-electron chi connectivity index (χ2n) is 10.2. The van der Waals surface area contributed by atoms with Crippen molar-refractivity contribution < 1.29 is 22.7 Å². The first-order chi connectivity index (χ1) is 19.5. The van der Waals surface area contributed by atoms with E-state index in [9.17, 15) is 18.0 Å². The summed E-state index contributed by atoms with van der Waals surface area (Å²) in [5, 5.41) is 2.95. The van der Waals surface area contributed by atoms with E-state index in [0.717, 1.165) is 27.4 Å². The van der Waals surface area contributed by atoms with Gasteiger partial charge >= 0.3 is 0 Å². The van der Waals surface area contributed by atoms with Crippen molar-refractivity contribution in [3.8, 4) is 5.75 Å². The molecule has 0 aromatic heterocycles. The highest BCUT2D eigenvalue weighted by Crippen LogP contribution is 2.33. The number of rotatable bonds is 13. The number of amides is 2. The summed E-state index contributed by atoms with van der Waals surface area (Å²) in [6, 6.07) is 20.0. The van der Waals surface area contributed by atoms with Crippen LogP contribution in [0.5, 0.6) is 5.75 Å². The van der Waals surface area contributed by atoms with E-state index in [1.165, 1.54) is 17.0 Å². The molecule has 0 fully saturated rings. The van der Waals surface area contributed by atoms with Crippen LogP contribution in [-0.4, -0.2) is 50.4 Å². The predicted molar refractivity (Wildman–Crippen MR) is 162 cm³/mol. The van der Waals surface area contributed by atoms with Gasteiger partial charge in [0.2, 0.25) is 11.8 Å². The summed E-state index contributed by atoms with van der Waals surface area (Å²) in [6.45, 7) is 11.1. The van der Waals surface area contributed by atoms with Gasteiger partial charge in [0, 0.05) is 12.6 Å². The zero-order chi connectivity index (χ0) is 30.2. The molecule has 0 bridgehead atoms. The van der Waals surface area contributed by atoms with Gasteiger partial charge in [0.05, 0.1) is 17.2 Å². The van der Waals surface area contributed by atoms with Crippen LogP contribution in [0.25, 0.3) is 0 Å². The molecule has 0 aliphatic rings. The molecule has 2 atom stereocenters. The molecule has 0 aliphatic heterocycles. The minimum absolute atomic E-state index is 0.0508. The fourth-order valence-corrected chi connectivity index (χ4v) is 5.65. The molecule has 0 aliphatic carbocycles. The van der Waals surface area contributed by atoms with E-state index in [1.807, 2.05) is 58.9 Å². The van der Waals surface area contributed by atoms with Crippen LogP contribution in [-0.2, 0) is 26.2 Å². The Labute approximate surface area is 244 Å². The number of hydrogen-bond donors (Lipinski definition) is 1. The maximum Gasteiger partial charge on any atom is 0.264 e. The fraction of sp³-hybridized carbons (Fsp3) is 0.375. The number of aryl methyl sites for hydroxylation is 2. The van der Waals surface area contributed by atoms with Crippen molar-refractivity contribution in [2.75, 3.05) is 17.5 Å². The quantitative estimate of drug-likeness (QED) is 0.299. The smallest absolute Gasteiger partial charge is 0.264 e. The number of para-hydroxylation sites is 2. The first kappa shape index (κ1) is 31.7. The number of carbonyl (C=O) groups excluding carboxylic acids is 2. The second kappa shape index (κ2) is 14.2. The van der Waals surface area contributed by atoms with Crippen LogP contribution in [0.15, 0.2) is 77.7 Å². The predicted octanol–water partition coefficient (Wildman–Crippen LogP) is 5.23. The van der Waals surface area contributed by atoms with Crippen LogP contribution in [0.2, 0.25) is 0 Å². The Hall–Kier alpha value is -3.85. The Morgan fingerprint density at radius 2 is 1.46 bits per heavy atom. The first-order valence-electron chi connectivity index (χ1n) is 13.9. The molecule has 0 spiro atoms. The Kier molecular flexibility index (Phi) is 10.9. The maximum absolute atomic E-state index is 14.1. The summed E-state index contributed by atoms with van der Waals surface area (Å²) < 4.78 is 35.0. The van der Waals surface area contributed by atoms with Crippen molar-refractivity contribution in [2.45, 2.75) is 71.5 Å². The molecule has 220 valence electrons. The van der Waals surface area contributed by atoms with E-state index in [2.05, 4.69) is 5.32 Å². The van der Waals surface area contributed by atoms with Gasteiger partial charge in [0.1, 0.15) is 18.3 Å². The number of ether oxygens (including phenoxy) is 1. The lowest BCUT2D eigenvalue weighted by molar-refractivity contribution is -0.139. The molecule has 0 saturated heterocycles. The van der Waals surface area contributed by atoms with Gasteiger partial charge in [-0.2, -0.15) is 0 Å². The number of hydrogen-bond acceptors (Lipinski definition) is 5. The van der Waals surface area contributed by atoms with Gasteiger partial charge in [-0.3, -0.25) is 13.9 Å². The Morgan fingerprint density at radius 1 is 0.878 bits per heavy atom. The molecule has 0 unspecified atom stereocenters. The summed E-state index contributed by atoms with van der Waals surface area (Å²) >= 11 is 0. The summed E-state index contributed by atoms with van der Waals surface area (Å²) in [6.07, 6.45) is 0.737. The first-order valence-corrected chi connectivity index (χ1v) is 15.4. The van der Waals surface area contributed by atoms with E-state index in [-0.39, 0.29) is 29.1 Å². The molecule has 2 amide bonds. The summed E-state index contributed by atoms with van der Waals surface area (Å²) in [7, 11) is -4.18. The lowest BCUT2D eigenvalue weighted by atomic mass is 10.1. The van der Waals surface area contributed by atoms with E-state index in [4.69, 9.17) is 4.74 Å². The molecular formula is C32H41N3O5S. The van der Waals surface area contributed by atoms with Crippen molar-refractivity contribution in [3.05, 3.63) is 89.5 Å². The number of nitrogens with zero attached hydrogens (tertiary/aromatic N) is 2. The van der Waals surface area contributed by atoms with Gasteiger partial charge in [-0.15, -0.1) is 0 Å². The number of sulfonamides is 1. The summed E-state index contributed by atoms with van der Waals surface area (Å²) in [5.41, 5.74) is 3.05. The van der Waals surface area contributed by atoms with Crippen molar-refractivity contribution >= 4 is 27.5 Å². The number of anilines is 1. The third kappa shape index (κ3) is 8.10. The van der Waals surface area contributed by atoms with Crippen LogP contribution in [0, 0.1) is 13.8 Å². The normalized spacial score (nSPS) is 12.7. The third-order valence-corrected chi connectivity index (χ3v) is 8.74. The van der Waals surface area contributed by atoms with Crippen LogP contribution < -0.4 is 14.4 Å². The van der Waals surface area contributed by atoms with Crippen molar-refractivity contribution in [2.24, 2.45) is 0 Å². The minimum Gasteiger partial charge on any atom is -0.492 e. The average molecular weight is 580 g/mol. The molecule has 41 heavy (non-hydrogen) atoms.